The van der Waals surface area contributed by atoms with Crippen LogP contribution in [0.1, 0.15) is 12.8 Å². The van der Waals surface area contributed by atoms with Crippen molar-refractivity contribution in [3.8, 4) is 0 Å². The molecule has 0 atom stereocenters. The Balaban J connectivity index is 1.52. The van der Waals surface area contributed by atoms with Gasteiger partial charge in [0, 0.05) is 24.3 Å². The molecule has 0 saturated carbocycles. The lowest BCUT2D eigenvalue weighted by molar-refractivity contribution is -0.119. The third-order valence-corrected chi connectivity index (χ3v) is 5.20. The first-order valence-electron chi connectivity index (χ1n) is 9.46. The Hall–Kier alpha value is -2.61. The SMILES string of the molecule is CN(CC(=O)Nc1cccc(N2CCCC2=O)c1)CC(=O)Nc1c(Cl)cccc1Cl. The molecule has 7 nitrogen and oxygen atoms in total. The highest BCUT2D eigenvalue weighted by Gasteiger charge is 2.22. The van der Waals surface area contributed by atoms with E-state index < -0.39 is 0 Å². The summed E-state index contributed by atoms with van der Waals surface area (Å²) in [5.41, 5.74) is 1.70. The highest BCUT2D eigenvalue weighted by atomic mass is 35.5. The van der Waals surface area contributed by atoms with E-state index in [1.54, 1.807) is 53.2 Å². The van der Waals surface area contributed by atoms with Crippen LogP contribution < -0.4 is 15.5 Å². The second kappa shape index (κ2) is 9.93. The zero-order valence-corrected chi connectivity index (χ0v) is 18.0. The fourth-order valence-corrected chi connectivity index (χ4v) is 3.71. The predicted molar refractivity (Wildman–Crippen MR) is 119 cm³/mol. The number of anilines is 3. The number of hydrogen-bond acceptors (Lipinski definition) is 4. The molecule has 3 amide bonds. The van der Waals surface area contributed by atoms with Crippen LogP contribution in [-0.2, 0) is 14.4 Å². The predicted octanol–water partition coefficient (Wildman–Crippen LogP) is 3.63. The van der Waals surface area contributed by atoms with E-state index >= 15 is 0 Å². The maximum Gasteiger partial charge on any atom is 0.238 e. The van der Waals surface area contributed by atoms with Crippen LogP contribution in [0.15, 0.2) is 42.5 Å². The second-order valence-corrected chi connectivity index (χ2v) is 7.88. The highest BCUT2D eigenvalue weighted by Crippen LogP contribution is 2.29. The van der Waals surface area contributed by atoms with Crippen LogP contribution in [0.3, 0.4) is 0 Å². The number of para-hydroxylation sites is 1. The Kier molecular flexibility index (Phi) is 7.31. The van der Waals surface area contributed by atoms with Crippen molar-refractivity contribution in [3.05, 3.63) is 52.5 Å². The monoisotopic (exact) mass is 448 g/mol. The van der Waals surface area contributed by atoms with Gasteiger partial charge in [0.2, 0.25) is 17.7 Å². The molecule has 3 rings (SSSR count). The molecule has 2 aromatic carbocycles. The van der Waals surface area contributed by atoms with Gasteiger partial charge in [-0.2, -0.15) is 0 Å². The van der Waals surface area contributed by atoms with E-state index in [9.17, 15) is 14.4 Å². The van der Waals surface area contributed by atoms with Gasteiger partial charge >= 0.3 is 0 Å². The summed E-state index contributed by atoms with van der Waals surface area (Å²) in [4.78, 5) is 39.8. The zero-order chi connectivity index (χ0) is 21.7. The van der Waals surface area contributed by atoms with Crippen LogP contribution in [0.2, 0.25) is 10.0 Å². The number of benzene rings is 2. The van der Waals surface area contributed by atoms with Crippen molar-refractivity contribution in [3.63, 3.8) is 0 Å². The molecule has 1 heterocycles. The molecule has 9 heteroatoms. The fourth-order valence-electron chi connectivity index (χ4n) is 3.22. The smallest absolute Gasteiger partial charge is 0.238 e. The van der Waals surface area contributed by atoms with E-state index in [1.807, 2.05) is 6.07 Å². The Labute approximate surface area is 184 Å². The zero-order valence-electron chi connectivity index (χ0n) is 16.5. The number of nitrogens with zero attached hydrogens (tertiary/aromatic N) is 2. The van der Waals surface area contributed by atoms with Gasteiger partial charge in [-0.1, -0.05) is 35.3 Å². The minimum atomic E-state index is -0.338. The molecule has 2 aromatic rings. The molecule has 0 radical (unpaired) electrons. The summed E-state index contributed by atoms with van der Waals surface area (Å²) in [5, 5.41) is 6.14. The van der Waals surface area contributed by atoms with Crippen LogP contribution in [0.4, 0.5) is 17.1 Å². The summed E-state index contributed by atoms with van der Waals surface area (Å²) in [7, 11) is 1.66. The summed E-state index contributed by atoms with van der Waals surface area (Å²) in [6.45, 7) is 0.678. The van der Waals surface area contributed by atoms with Crippen molar-refractivity contribution >= 4 is 58.0 Å². The number of carbonyl (C=O) groups is 3. The Bertz CT molecular complexity index is 947. The summed E-state index contributed by atoms with van der Waals surface area (Å²) < 4.78 is 0. The molecule has 1 fully saturated rings. The third kappa shape index (κ3) is 5.72. The van der Waals surface area contributed by atoms with E-state index in [2.05, 4.69) is 10.6 Å². The number of hydrogen-bond donors (Lipinski definition) is 2. The average molecular weight is 449 g/mol. The number of halogens is 2. The maximum atomic E-state index is 12.4. The number of amides is 3. The summed E-state index contributed by atoms with van der Waals surface area (Å²) >= 11 is 12.1. The fraction of sp³-hybridized carbons (Fsp3) is 0.286. The Morgan fingerprint density at radius 3 is 2.30 bits per heavy atom. The molecule has 0 aliphatic carbocycles. The molecular weight excluding hydrogens is 427 g/mol. The van der Waals surface area contributed by atoms with E-state index in [-0.39, 0.29) is 30.8 Å². The van der Waals surface area contributed by atoms with Gasteiger partial charge in [-0.15, -0.1) is 0 Å². The quantitative estimate of drug-likeness (QED) is 0.677. The van der Waals surface area contributed by atoms with Gasteiger partial charge in [0.1, 0.15) is 0 Å². The van der Waals surface area contributed by atoms with Crippen LogP contribution in [0.5, 0.6) is 0 Å². The highest BCUT2D eigenvalue weighted by molar-refractivity contribution is 6.39. The first kappa shape index (κ1) is 22.1. The Morgan fingerprint density at radius 2 is 1.67 bits per heavy atom. The summed E-state index contributed by atoms with van der Waals surface area (Å²) in [5.74, 6) is -0.524. The van der Waals surface area contributed by atoms with E-state index in [4.69, 9.17) is 23.2 Å². The molecule has 1 aliphatic rings. The molecular formula is C21H22Cl2N4O3. The van der Waals surface area contributed by atoms with Crippen molar-refractivity contribution in [2.75, 3.05) is 42.2 Å². The van der Waals surface area contributed by atoms with Gasteiger partial charge in [0.25, 0.3) is 0 Å². The van der Waals surface area contributed by atoms with Gasteiger partial charge < -0.3 is 15.5 Å². The normalized spacial score (nSPS) is 13.6. The largest absolute Gasteiger partial charge is 0.325 e. The van der Waals surface area contributed by atoms with Crippen molar-refractivity contribution < 1.29 is 14.4 Å². The van der Waals surface area contributed by atoms with E-state index in [0.717, 1.165) is 12.1 Å². The van der Waals surface area contributed by atoms with Gasteiger partial charge in [0.05, 0.1) is 28.8 Å². The van der Waals surface area contributed by atoms with Gasteiger partial charge in [0.15, 0.2) is 0 Å². The molecule has 0 unspecified atom stereocenters. The first-order chi connectivity index (χ1) is 14.3. The van der Waals surface area contributed by atoms with Crippen LogP contribution in [0.25, 0.3) is 0 Å². The van der Waals surface area contributed by atoms with Crippen LogP contribution in [0, 0.1) is 0 Å². The van der Waals surface area contributed by atoms with Gasteiger partial charge in [-0.3, -0.25) is 19.3 Å². The van der Waals surface area contributed by atoms with Gasteiger partial charge in [-0.05, 0) is 43.8 Å². The lowest BCUT2D eigenvalue weighted by Gasteiger charge is -2.18. The maximum absolute atomic E-state index is 12.4. The lowest BCUT2D eigenvalue weighted by Crippen LogP contribution is -2.36. The number of carbonyl (C=O) groups excluding carboxylic acids is 3. The second-order valence-electron chi connectivity index (χ2n) is 7.06. The third-order valence-electron chi connectivity index (χ3n) is 4.57. The summed E-state index contributed by atoms with van der Waals surface area (Å²) in [6, 6.07) is 12.1. The molecule has 0 bridgehead atoms. The summed E-state index contributed by atoms with van der Waals surface area (Å²) in [6.07, 6.45) is 1.38. The van der Waals surface area contributed by atoms with Crippen LogP contribution >= 0.6 is 23.2 Å². The molecule has 0 aromatic heterocycles. The molecule has 158 valence electrons. The molecule has 1 aliphatic heterocycles. The first-order valence-corrected chi connectivity index (χ1v) is 10.2. The topological polar surface area (TPSA) is 81.8 Å². The van der Waals surface area contributed by atoms with Crippen molar-refractivity contribution in [1.29, 1.82) is 0 Å². The molecule has 30 heavy (non-hydrogen) atoms. The van der Waals surface area contributed by atoms with Crippen LogP contribution in [-0.4, -0.2) is 49.3 Å². The van der Waals surface area contributed by atoms with Gasteiger partial charge in [-0.25, -0.2) is 0 Å². The van der Waals surface area contributed by atoms with Crippen molar-refractivity contribution in [2.24, 2.45) is 0 Å². The van der Waals surface area contributed by atoms with Crippen molar-refractivity contribution in [1.82, 2.24) is 4.90 Å². The molecule has 2 N–H and O–H groups in total. The molecule has 0 spiro atoms. The lowest BCUT2D eigenvalue weighted by atomic mass is 10.2. The standard InChI is InChI=1S/C21H22Cl2N4O3/c1-26(13-19(29)25-21-16(22)7-3-8-17(21)23)12-18(28)24-14-5-2-6-15(11-14)27-10-4-9-20(27)30/h2-3,5-8,11H,4,9-10,12-13H2,1H3,(H,24,28)(H,25,29). The number of rotatable bonds is 7. The van der Waals surface area contributed by atoms with E-state index in [1.165, 1.54) is 0 Å². The molecule has 1 saturated heterocycles. The number of nitrogens with one attached hydrogen (secondary N) is 2. The minimum Gasteiger partial charge on any atom is -0.325 e. The Morgan fingerprint density at radius 1 is 1.03 bits per heavy atom. The minimum absolute atomic E-state index is 0.0105. The van der Waals surface area contributed by atoms with Crippen molar-refractivity contribution in [2.45, 2.75) is 12.8 Å². The number of likely N-dealkylation sites (N-methyl/N-ethyl adjacent to an activating group) is 1. The average Bonchev–Trinajstić information content (AvgIpc) is 3.10. The van der Waals surface area contributed by atoms with E-state index in [0.29, 0.717) is 34.4 Å².